The van der Waals surface area contributed by atoms with Gasteiger partial charge in [-0.15, -0.1) is 0 Å². The molecule has 0 fully saturated rings. The SMILES string of the molecule is CC(N)C(Oc1cc(Br)ccc1F)c1ccccc1. The summed E-state index contributed by atoms with van der Waals surface area (Å²) >= 11 is 3.30. The van der Waals surface area contributed by atoms with Crippen molar-refractivity contribution in [3.8, 4) is 5.75 Å². The highest BCUT2D eigenvalue weighted by molar-refractivity contribution is 9.10. The molecule has 0 radical (unpaired) electrons. The molecule has 100 valence electrons. The van der Waals surface area contributed by atoms with Crippen molar-refractivity contribution < 1.29 is 9.13 Å². The van der Waals surface area contributed by atoms with Gasteiger partial charge in [0, 0.05) is 10.5 Å². The van der Waals surface area contributed by atoms with Crippen LogP contribution in [-0.4, -0.2) is 6.04 Å². The van der Waals surface area contributed by atoms with Crippen LogP contribution in [-0.2, 0) is 0 Å². The molecule has 2 unspecified atom stereocenters. The summed E-state index contributed by atoms with van der Waals surface area (Å²) in [6.07, 6.45) is -0.384. The maximum Gasteiger partial charge on any atom is 0.165 e. The minimum Gasteiger partial charge on any atom is -0.481 e. The van der Waals surface area contributed by atoms with Crippen LogP contribution in [0.2, 0.25) is 0 Å². The number of ether oxygens (including phenoxy) is 1. The normalized spacial score (nSPS) is 13.9. The average Bonchev–Trinajstić information content (AvgIpc) is 2.40. The number of hydrogen-bond acceptors (Lipinski definition) is 2. The van der Waals surface area contributed by atoms with Crippen LogP contribution in [0.3, 0.4) is 0 Å². The molecule has 0 aromatic heterocycles. The smallest absolute Gasteiger partial charge is 0.165 e. The van der Waals surface area contributed by atoms with Crippen LogP contribution in [0.4, 0.5) is 4.39 Å². The molecule has 0 heterocycles. The van der Waals surface area contributed by atoms with Crippen molar-refractivity contribution in [3.05, 3.63) is 64.4 Å². The Morgan fingerprint density at radius 1 is 1.16 bits per heavy atom. The molecule has 2 aromatic carbocycles. The predicted octanol–water partition coefficient (Wildman–Crippen LogP) is 4.06. The van der Waals surface area contributed by atoms with Crippen LogP contribution in [0.25, 0.3) is 0 Å². The van der Waals surface area contributed by atoms with E-state index < -0.39 is 5.82 Å². The fourth-order valence-corrected chi connectivity index (χ4v) is 2.17. The quantitative estimate of drug-likeness (QED) is 0.921. The second-order valence-corrected chi connectivity index (χ2v) is 5.30. The Bertz CT molecular complexity index is 545. The Morgan fingerprint density at radius 2 is 1.84 bits per heavy atom. The van der Waals surface area contributed by atoms with E-state index in [0.717, 1.165) is 10.0 Å². The van der Waals surface area contributed by atoms with Gasteiger partial charge in [0.2, 0.25) is 0 Å². The number of rotatable bonds is 4. The van der Waals surface area contributed by atoms with Gasteiger partial charge in [0.25, 0.3) is 0 Å². The first-order valence-electron chi connectivity index (χ1n) is 6.00. The van der Waals surface area contributed by atoms with Crippen LogP contribution < -0.4 is 10.5 Å². The lowest BCUT2D eigenvalue weighted by Gasteiger charge is -2.23. The zero-order valence-corrected chi connectivity index (χ0v) is 12.1. The lowest BCUT2D eigenvalue weighted by atomic mass is 10.0. The van der Waals surface area contributed by atoms with E-state index >= 15 is 0 Å². The Kier molecular flexibility index (Phi) is 4.56. The molecule has 0 aliphatic rings. The summed E-state index contributed by atoms with van der Waals surface area (Å²) in [5.41, 5.74) is 6.87. The Hall–Kier alpha value is -1.39. The molecule has 0 aliphatic heterocycles. The van der Waals surface area contributed by atoms with E-state index in [1.54, 1.807) is 12.1 Å². The summed E-state index contributed by atoms with van der Waals surface area (Å²) in [6.45, 7) is 1.84. The maximum atomic E-state index is 13.7. The largest absolute Gasteiger partial charge is 0.481 e. The molecule has 0 aliphatic carbocycles. The van der Waals surface area contributed by atoms with E-state index in [0.29, 0.717) is 0 Å². The maximum absolute atomic E-state index is 13.7. The monoisotopic (exact) mass is 323 g/mol. The van der Waals surface area contributed by atoms with Crippen molar-refractivity contribution in [2.45, 2.75) is 19.1 Å². The number of hydrogen-bond donors (Lipinski definition) is 1. The molecule has 2 nitrogen and oxygen atoms in total. The average molecular weight is 324 g/mol. The molecule has 0 spiro atoms. The first-order chi connectivity index (χ1) is 9.08. The zero-order chi connectivity index (χ0) is 13.8. The Morgan fingerprint density at radius 3 is 2.47 bits per heavy atom. The second-order valence-electron chi connectivity index (χ2n) is 4.38. The molecule has 2 rings (SSSR count). The second kappa shape index (κ2) is 6.17. The first-order valence-corrected chi connectivity index (χ1v) is 6.79. The Balaban J connectivity index is 2.29. The van der Waals surface area contributed by atoms with Gasteiger partial charge in [-0.25, -0.2) is 4.39 Å². The van der Waals surface area contributed by atoms with Gasteiger partial charge in [-0.1, -0.05) is 46.3 Å². The molecule has 19 heavy (non-hydrogen) atoms. The summed E-state index contributed by atoms with van der Waals surface area (Å²) in [7, 11) is 0. The molecule has 2 atom stereocenters. The standard InChI is InChI=1S/C15H15BrFNO/c1-10(18)15(11-5-3-2-4-6-11)19-14-9-12(16)7-8-13(14)17/h2-10,15H,18H2,1H3. The third kappa shape index (κ3) is 3.55. The minimum atomic E-state index is -0.398. The summed E-state index contributed by atoms with van der Waals surface area (Å²) in [4.78, 5) is 0. The minimum absolute atomic E-state index is 0.195. The van der Waals surface area contributed by atoms with E-state index in [2.05, 4.69) is 15.9 Å². The number of benzene rings is 2. The van der Waals surface area contributed by atoms with Crippen molar-refractivity contribution >= 4 is 15.9 Å². The van der Waals surface area contributed by atoms with Crippen LogP contribution in [0, 0.1) is 5.82 Å². The predicted molar refractivity (Wildman–Crippen MR) is 77.6 cm³/mol. The van der Waals surface area contributed by atoms with E-state index in [1.165, 1.54) is 6.07 Å². The highest BCUT2D eigenvalue weighted by Crippen LogP contribution is 2.28. The van der Waals surface area contributed by atoms with E-state index in [9.17, 15) is 4.39 Å². The van der Waals surface area contributed by atoms with Crippen LogP contribution in [0.15, 0.2) is 53.0 Å². The fraction of sp³-hybridized carbons (Fsp3) is 0.200. The lowest BCUT2D eigenvalue weighted by Crippen LogP contribution is -2.29. The van der Waals surface area contributed by atoms with Crippen molar-refractivity contribution in [1.29, 1.82) is 0 Å². The third-order valence-electron chi connectivity index (χ3n) is 2.75. The summed E-state index contributed by atoms with van der Waals surface area (Å²) in [5.74, 6) is -0.203. The number of nitrogens with two attached hydrogens (primary N) is 1. The van der Waals surface area contributed by atoms with Crippen molar-refractivity contribution in [2.75, 3.05) is 0 Å². The topological polar surface area (TPSA) is 35.2 Å². The molecule has 0 bridgehead atoms. The highest BCUT2D eigenvalue weighted by atomic mass is 79.9. The molecule has 2 aromatic rings. The molecule has 0 amide bonds. The van der Waals surface area contributed by atoms with Crippen LogP contribution >= 0.6 is 15.9 Å². The van der Waals surface area contributed by atoms with E-state index in [-0.39, 0.29) is 17.9 Å². The molecular formula is C15H15BrFNO. The summed E-state index contributed by atoms with van der Waals surface area (Å²) in [6, 6.07) is 13.9. The van der Waals surface area contributed by atoms with Gasteiger partial charge < -0.3 is 10.5 Å². The zero-order valence-electron chi connectivity index (χ0n) is 10.5. The molecule has 2 N–H and O–H groups in total. The summed E-state index contributed by atoms with van der Waals surface area (Å²) < 4.78 is 20.2. The molecule has 0 saturated heterocycles. The van der Waals surface area contributed by atoms with Gasteiger partial charge in [-0.05, 0) is 30.7 Å². The lowest BCUT2D eigenvalue weighted by molar-refractivity contribution is 0.172. The first kappa shape index (κ1) is 14.0. The van der Waals surface area contributed by atoms with E-state index in [1.807, 2.05) is 37.3 Å². The molecule has 0 saturated carbocycles. The third-order valence-corrected chi connectivity index (χ3v) is 3.25. The van der Waals surface area contributed by atoms with Gasteiger partial charge in [0.1, 0.15) is 6.10 Å². The van der Waals surface area contributed by atoms with Crippen molar-refractivity contribution in [3.63, 3.8) is 0 Å². The molecule has 4 heteroatoms. The van der Waals surface area contributed by atoms with Gasteiger partial charge in [0.05, 0.1) is 0 Å². The fourth-order valence-electron chi connectivity index (χ4n) is 1.83. The van der Waals surface area contributed by atoms with Crippen LogP contribution in [0.5, 0.6) is 5.75 Å². The van der Waals surface area contributed by atoms with Gasteiger partial charge in [0.15, 0.2) is 11.6 Å². The highest BCUT2D eigenvalue weighted by Gasteiger charge is 2.19. The van der Waals surface area contributed by atoms with Crippen molar-refractivity contribution in [1.82, 2.24) is 0 Å². The van der Waals surface area contributed by atoms with E-state index in [4.69, 9.17) is 10.5 Å². The molecular weight excluding hydrogens is 309 g/mol. The van der Waals surface area contributed by atoms with Gasteiger partial charge in [-0.3, -0.25) is 0 Å². The number of halogens is 2. The van der Waals surface area contributed by atoms with Crippen molar-refractivity contribution in [2.24, 2.45) is 5.73 Å². The van der Waals surface area contributed by atoms with Gasteiger partial charge in [-0.2, -0.15) is 0 Å². The summed E-state index contributed by atoms with van der Waals surface area (Å²) in [5, 5.41) is 0. The van der Waals surface area contributed by atoms with Crippen LogP contribution in [0.1, 0.15) is 18.6 Å². The Labute approximate surface area is 120 Å². The van der Waals surface area contributed by atoms with Gasteiger partial charge >= 0.3 is 0 Å².